The Balaban J connectivity index is 0.000000140. The van der Waals surface area contributed by atoms with Crippen LogP contribution in [-0.4, -0.2) is 144 Å². The van der Waals surface area contributed by atoms with Gasteiger partial charge in [0, 0.05) is 136 Å². The van der Waals surface area contributed by atoms with Crippen LogP contribution in [0.3, 0.4) is 0 Å². The van der Waals surface area contributed by atoms with Crippen molar-refractivity contribution in [1.82, 2.24) is 48.7 Å². The fourth-order valence-corrected chi connectivity index (χ4v) is 17.3. The van der Waals surface area contributed by atoms with E-state index in [1.54, 1.807) is 27.8 Å². The second kappa shape index (κ2) is 33.7. The smallest absolute Gasteiger partial charge is 0.414 e. The Morgan fingerprint density at radius 1 is 0.533 bits per heavy atom. The summed E-state index contributed by atoms with van der Waals surface area (Å²) in [6, 6.07) is 31.4. The Morgan fingerprint density at radius 3 is 1.63 bits per heavy atom. The van der Waals surface area contributed by atoms with E-state index in [-0.39, 0.29) is 66.4 Å². The number of benzene rings is 4. The number of pyridine rings is 1. The van der Waals surface area contributed by atoms with E-state index in [4.69, 9.17) is 33.9 Å². The van der Waals surface area contributed by atoms with Crippen molar-refractivity contribution in [3.8, 4) is 0 Å². The van der Waals surface area contributed by atoms with Crippen molar-refractivity contribution in [2.75, 3.05) is 55.7 Å². The van der Waals surface area contributed by atoms with Gasteiger partial charge in [0.05, 0.1) is 83.5 Å². The van der Waals surface area contributed by atoms with Crippen LogP contribution in [0.4, 0.5) is 31.4 Å². The lowest BCUT2D eigenvalue weighted by Crippen LogP contribution is -2.42. The van der Waals surface area contributed by atoms with E-state index in [9.17, 15) is 29.1 Å². The van der Waals surface area contributed by atoms with Crippen LogP contribution in [0.2, 0.25) is 0 Å². The van der Waals surface area contributed by atoms with Crippen LogP contribution >= 0.6 is 0 Å². The molecule has 0 spiro atoms. The molecule has 105 heavy (non-hydrogen) atoms. The number of aryl methyl sites for hydroxylation is 7. The predicted octanol–water partition coefficient (Wildman–Crippen LogP) is 14.5. The summed E-state index contributed by atoms with van der Waals surface area (Å²) in [4.78, 5) is 86.9. The zero-order valence-corrected chi connectivity index (χ0v) is 62.1. The maximum Gasteiger partial charge on any atom is 0.414 e. The van der Waals surface area contributed by atoms with Crippen molar-refractivity contribution in [3.05, 3.63) is 155 Å². The van der Waals surface area contributed by atoms with Gasteiger partial charge >= 0.3 is 24.2 Å². The number of carbonyl (C=O) groups is 5. The van der Waals surface area contributed by atoms with Gasteiger partial charge in [-0.2, -0.15) is 5.10 Å². The number of hydrogen-bond donors (Lipinski definition) is 2. The number of hydrogen-bond acceptors (Lipinski definition) is 15. The number of methoxy groups -OCH3 is 3. The maximum atomic E-state index is 12.6. The third-order valence-electron chi connectivity index (χ3n) is 22.8. The number of ether oxygens (including phenoxy) is 4. The minimum atomic E-state index is -0.704. The van der Waals surface area contributed by atoms with Crippen LogP contribution in [0.5, 0.6) is 0 Å². The van der Waals surface area contributed by atoms with Gasteiger partial charge in [-0.05, 0) is 191 Å². The molecule has 1 saturated heterocycles. The summed E-state index contributed by atoms with van der Waals surface area (Å²) in [7, 11) is 4.29. The van der Waals surface area contributed by atoms with Gasteiger partial charge in [0.1, 0.15) is 23.3 Å². The van der Waals surface area contributed by atoms with E-state index in [1.165, 1.54) is 33.3 Å². The zero-order valence-electron chi connectivity index (χ0n) is 62.1. The fourth-order valence-electron chi connectivity index (χ4n) is 17.3. The Kier molecular flexibility index (Phi) is 23.7. The van der Waals surface area contributed by atoms with Gasteiger partial charge in [-0.1, -0.05) is 49.2 Å². The van der Waals surface area contributed by atoms with Crippen LogP contribution < -0.4 is 20.0 Å². The third kappa shape index (κ3) is 16.2. The van der Waals surface area contributed by atoms with Crippen molar-refractivity contribution >= 4 is 80.2 Å². The Bertz CT molecular complexity index is 4510. The highest BCUT2D eigenvalue weighted by molar-refractivity contribution is 5.98. The Morgan fingerprint density at radius 2 is 1.09 bits per heavy atom. The number of nitrogens with one attached hydrogen (secondary N) is 1. The van der Waals surface area contributed by atoms with Gasteiger partial charge in [0.15, 0.2) is 0 Å². The second-order valence-electron chi connectivity index (χ2n) is 29.5. The number of amides is 3. The van der Waals surface area contributed by atoms with Crippen LogP contribution in [0, 0.1) is 11.8 Å². The van der Waals surface area contributed by atoms with Crippen molar-refractivity contribution in [2.24, 2.45) is 11.8 Å². The highest BCUT2D eigenvalue weighted by Gasteiger charge is 2.38. The average Bonchev–Trinajstić information content (AvgIpc) is 1.65. The number of Topliss-reactive ketones (excluding diaryl/α,β-unsaturated/α-hetero) is 1. The van der Waals surface area contributed by atoms with Crippen LogP contribution in [0.15, 0.2) is 110 Å². The number of fused-ring (bicyclic) bond motifs is 9. The summed E-state index contributed by atoms with van der Waals surface area (Å²) in [5.41, 5.74) is 14.6. The van der Waals surface area contributed by atoms with E-state index in [2.05, 4.69) is 97.5 Å². The largest absolute Gasteiger partial charge is 0.481 e. The minimum absolute atomic E-state index is 0.0571. The first-order valence-electron chi connectivity index (χ1n) is 38.3. The molecule has 5 aromatic heterocycles. The average molecular weight is 1430 g/mol. The predicted molar refractivity (Wildman–Crippen MR) is 405 cm³/mol. The van der Waals surface area contributed by atoms with E-state index in [0.717, 1.165) is 251 Å². The number of ketones is 1. The first-order valence-corrected chi connectivity index (χ1v) is 38.3. The third-order valence-corrected chi connectivity index (χ3v) is 22.8. The first kappa shape index (κ1) is 73.8. The van der Waals surface area contributed by atoms with Gasteiger partial charge < -0.3 is 43.1 Å². The number of carbonyl (C=O) groups excluding carboxylic acids is 4. The Hall–Kier alpha value is -9.48. The summed E-state index contributed by atoms with van der Waals surface area (Å²) in [5, 5.41) is 17.6. The number of aromatic nitrogens is 9. The standard InChI is InChI=1S/C28H33N3O4.C27H33N7O2.C27H37N3O4/c1-18-11-13-22-23(30(18)28(34)35-2)14-15-24-26(22)29-25(16-12-19-7-4-3-5-8-19)31(24)21-10-6-9-20(17-21)27(32)33;1-20-7-8-22-23(34(20)27(35)36-2)9-10-24-26(22)31-25(12-18-32-17-5-14-30-32)33(24)19-16-28-15-11-21-6-3-4-13-29-21;1-17-10-11-22-23(29(17)27(32)33-3)12-13-24-26(22)28-25(16-21-9-4-5-14-34-21)30(24)20-8-6-7-19(15-20)18(2)31/h3-5,7-8,14-15,18,20-21H,6,9-13,16-17H2,1-2H3,(H,32,33);3-6,9-10,13-14,17,20,28H,7-8,11-12,15-16,18-19H2,1-2H3;12-13,17,19-21H,4-11,14-16H2,1-3H3/t18-,20-,21+;20-;17-,19+,20+,21+/m000/s1. The van der Waals surface area contributed by atoms with E-state index < -0.39 is 5.97 Å². The molecule has 0 bridgehead atoms. The molecule has 23 nitrogen and oxygen atoms in total. The Labute approximate surface area is 615 Å². The van der Waals surface area contributed by atoms with Crippen LogP contribution in [0.25, 0.3) is 33.1 Å². The highest BCUT2D eigenvalue weighted by atomic mass is 16.6. The van der Waals surface area contributed by atoms with Crippen molar-refractivity contribution in [2.45, 2.75) is 218 Å². The van der Waals surface area contributed by atoms with Gasteiger partial charge in [-0.25, -0.2) is 29.3 Å². The second-order valence-corrected chi connectivity index (χ2v) is 29.5. The molecule has 9 heterocycles. The SMILES string of the molecule is COC(=O)N1c2ccc3c(nc(CCc4ccccc4)n3[C@@H]3CCC[C@H](C(=O)O)C3)c2CC[C@@H]1C.COC(=O)N1c2ccc3c(nc(CCn4cccn4)n3CCNCCc3ccccn3)c2CC[C@@H]1C.COC(=O)N1c2ccc3c(nc(C[C@H]4CCCCO4)n3[C@@H]3CCC[C@@H](C(C)=O)C3)c2CC[C@@H]1C. The lowest BCUT2D eigenvalue weighted by atomic mass is 9.83. The van der Waals surface area contributed by atoms with Crippen molar-refractivity contribution in [1.29, 1.82) is 0 Å². The van der Waals surface area contributed by atoms with Crippen LogP contribution in [-0.2, 0) is 93.0 Å². The number of anilines is 3. The molecule has 15 rings (SSSR count). The number of nitrogens with zero attached hydrogens (tertiary/aromatic N) is 12. The summed E-state index contributed by atoms with van der Waals surface area (Å²) in [6.45, 7) is 12.0. The summed E-state index contributed by atoms with van der Waals surface area (Å²) in [5.74, 6) is 2.49. The molecule has 23 heteroatoms. The summed E-state index contributed by atoms with van der Waals surface area (Å²) < 4.78 is 30.3. The molecule has 6 aliphatic rings. The number of rotatable bonds is 18. The molecular formula is C82H103N13O10. The van der Waals surface area contributed by atoms with Crippen LogP contribution in [0.1, 0.15) is 175 Å². The van der Waals surface area contributed by atoms with Gasteiger partial charge in [0.2, 0.25) is 0 Å². The van der Waals surface area contributed by atoms with Gasteiger partial charge in [-0.3, -0.25) is 34.0 Å². The molecule has 3 amide bonds. The number of imidazole rings is 3. The number of carboxylic acids is 1. The minimum Gasteiger partial charge on any atom is -0.481 e. The summed E-state index contributed by atoms with van der Waals surface area (Å²) >= 11 is 0. The lowest BCUT2D eigenvalue weighted by molar-refractivity contribution is -0.143. The molecule has 556 valence electrons. The molecule has 2 aliphatic carbocycles. The fraction of sp³-hybridized carbons (Fsp3) is 0.512. The van der Waals surface area contributed by atoms with E-state index in [0.29, 0.717) is 12.2 Å². The highest BCUT2D eigenvalue weighted by Crippen LogP contribution is 2.44. The molecule has 0 radical (unpaired) electrons. The molecule has 2 saturated carbocycles. The van der Waals surface area contributed by atoms with Crippen molar-refractivity contribution < 1.29 is 48.0 Å². The normalized spacial score (nSPS) is 21.5. The molecule has 8 atom stereocenters. The lowest BCUT2D eigenvalue weighted by Gasteiger charge is -2.34. The first-order chi connectivity index (χ1) is 51.1. The van der Waals surface area contributed by atoms with E-state index in [1.807, 2.05) is 60.4 Å². The molecular weight excluding hydrogens is 1330 g/mol. The maximum absolute atomic E-state index is 12.6. The zero-order chi connectivity index (χ0) is 73.3. The molecule has 4 aromatic carbocycles. The number of carboxylic acid groups (broad SMARTS) is 1. The molecule has 0 unspecified atom stereocenters. The van der Waals surface area contributed by atoms with E-state index >= 15 is 0 Å². The monoisotopic (exact) mass is 1430 g/mol. The molecule has 9 aromatic rings. The molecule has 4 aliphatic heterocycles. The van der Waals surface area contributed by atoms with Crippen molar-refractivity contribution in [3.63, 3.8) is 0 Å². The topological polar surface area (TPSA) is 248 Å². The number of aliphatic carboxylic acids is 1. The summed E-state index contributed by atoms with van der Waals surface area (Å²) in [6.07, 6.45) is 24.7. The molecule has 3 fully saturated rings. The van der Waals surface area contributed by atoms with Gasteiger partial charge in [0.25, 0.3) is 0 Å². The quantitative estimate of drug-likeness (QED) is 0.0598. The van der Waals surface area contributed by atoms with Gasteiger partial charge in [-0.15, -0.1) is 0 Å². The molecule has 2 N–H and O–H groups in total.